The van der Waals surface area contributed by atoms with Crippen LogP contribution in [0.15, 0.2) is 51.7 Å². The molecular formula is C22H20Cl2N2O3. The van der Waals surface area contributed by atoms with E-state index >= 15 is 0 Å². The number of fused-ring (bicyclic) bond motifs is 2. The zero-order valence-electron chi connectivity index (χ0n) is 16.1. The summed E-state index contributed by atoms with van der Waals surface area (Å²) >= 11 is 12.3. The summed E-state index contributed by atoms with van der Waals surface area (Å²) in [6.07, 6.45) is 0.762. The molecule has 29 heavy (non-hydrogen) atoms. The zero-order chi connectivity index (χ0) is 20.7. The number of hydrogen-bond donors (Lipinski definition) is 0. The van der Waals surface area contributed by atoms with E-state index in [4.69, 9.17) is 27.6 Å². The van der Waals surface area contributed by atoms with Gasteiger partial charge >= 0.3 is 0 Å². The Bertz CT molecular complexity index is 1160. The third-order valence-electron chi connectivity index (χ3n) is 5.14. The molecule has 0 saturated heterocycles. The topological polar surface area (TPSA) is 53.8 Å². The van der Waals surface area contributed by atoms with Crippen LogP contribution in [0.3, 0.4) is 0 Å². The van der Waals surface area contributed by atoms with Crippen molar-refractivity contribution in [3.63, 3.8) is 0 Å². The Morgan fingerprint density at radius 1 is 1.07 bits per heavy atom. The molecule has 4 rings (SSSR count). The second kappa shape index (κ2) is 7.82. The van der Waals surface area contributed by atoms with Gasteiger partial charge in [-0.05, 0) is 56.9 Å². The van der Waals surface area contributed by atoms with E-state index in [1.54, 1.807) is 47.4 Å². The summed E-state index contributed by atoms with van der Waals surface area (Å²) in [5, 5.41) is 1.26. The molecule has 1 amide bonds. The van der Waals surface area contributed by atoms with Gasteiger partial charge in [-0.1, -0.05) is 41.4 Å². The molecule has 7 heteroatoms. The number of para-hydroxylation sites is 1. The van der Waals surface area contributed by atoms with E-state index in [1.807, 2.05) is 14.1 Å². The maximum atomic E-state index is 13.3. The molecule has 1 unspecified atom stereocenters. The third kappa shape index (κ3) is 3.54. The van der Waals surface area contributed by atoms with Crippen molar-refractivity contribution in [2.24, 2.45) is 0 Å². The van der Waals surface area contributed by atoms with Gasteiger partial charge < -0.3 is 14.2 Å². The van der Waals surface area contributed by atoms with Crippen LogP contribution in [0.1, 0.15) is 34.1 Å². The van der Waals surface area contributed by atoms with Crippen molar-refractivity contribution < 1.29 is 9.21 Å². The predicted molar refractivity (Wildman–Crippen MR) is 115 cm³/mol. The summed E-state index contributed by atoms with van der Waals surface area (Å²) in [7, 11) is 3.96. The van der Waals surface area contributed by atoms with E-state index in [0.29, 0.717) is 33.1 Å². The third-order valence-corrected chi connectivity index (χ3v) is 5.88. The molecule has 3 aromatic rings. The molecule has 0 aliphatic carbocycles. The van der Waals surface area contributed by atoms with Gasteiger partial charge in [-0.25, -0.2) is 0 Å². The fraction of sp³-hybridized carbons (Fsp3) is 0.273. The minimum Gasteiger partial charge on any atom is -0.450 e. The molecule has 0 bridgehead atoms. The summed E-state index contributed by atoms with van der Waals surface area (Å²) in [6, 6.07) is 11.6. The van der Waals surface area contributed by atoms with Crippen LogP contribution in [-0.4, -0.2) is 42.9 Å². The zero-order valence-corrected chi connectivity index (χ0v) is 17.6. The molecule has 0 saturated carbocycles. The Kier molecular flexibility index (Phi) is 5.38. The highest BCUT2D eigenvalue weighted by molar-refractivity contribution is 6.42. The first-order chi connectivity index (χ1) is 13.9. The fourth-order valence-corrected chi connectivity index (χ4v) is 4.09. The van der Waals surface area contributed by atoms with E-state index in [9.17, 15) is 9.59 Å². The van der Waals surface area contributed by atoms with E-state index in [2.05, 4.69) is 4.90 Å². The standard InChI is InChI=1S/C22H20Cl2N2O3/c1-25(2)10-5-11-26-19(13-8-9-15(23)16(24)12-13)18-20(27)14-6-3-4-7-17(14)29-21(18)22(26)28/h3-4,6-9,12,19H,5,10-11H2,1-2H3. The van der Waals surface area contributed by atoms with E-state index < -0.39 is 6.04 Å². The molecule has 0 fully saturated rings. The van der Waals surface area contributed by atoms with Gasteiger partial charge in [0.2, 0.25) is 5.76 Å². The van der Waals surface area contributed by atoms with E-state index in [1.165, 1.54) is 0 Å². The molecule has 1 aliphatic heterocycles. The van der Waals surface area contributed by atoms with Gasteiger partial charge in [-0.3, -0.25) is 9.59 Å². The Hall–Kier alpha value is -2.34. The van der Waals surface area contributed by atoms with Crippen LogP contribution in [-0.2, 0) is 0 Å². The maximum Gasteiger partial charge on any atom is 0.290 e. The van der Waals surface area contributed by atoms with Gasteiger partial charge in [0, 0.05) is 6.54 Å². The van der Waals surface area contributed by atoms with Crippen molar-refractivity contribution in [3.8, 4) is 0 Å². The highest BCUT2D eigenvalue weighted by atomic mass is 35.5. The summed E-state index contributed by atoms with van der Waals surface area (Å²) < 4.78 is 5.90. The van der Waals surface area contributed by atoms with Crippen LogP contribution in [0, 0.1) is 0 Å². The van der Waals surface area contributed by atoms with Crippen LogP contribution in [0.4, 0.5) is 0 Å². The van der Waals surface area contributed by atoms with Crippen LogP contribution in [0.25, 0.3) is 11.0 Å². The largest absolute Gasteiger partial charge is 0.450 e. The number of carbonyl (C=O) groups is 1. The lowest BCUT2D eigenvalue weighted by atomic mass is 9.98. The summed E-state index contributed by atoms with van der Waals surface area (Å²) in [5.41, 5.74) is 1.31. The molecule has 1 aliphatic rings. The lowest BCUT2D eigenvalue weighted by Gasteiger charge is -2.26. The SMILES string of the molecule is CN(C)CCCN1C(=O)c2oc3ccccc3c(=O)c2C1c1ccc(Cl)c(Cl)c1. The number of carbonyl (C=O) groups excluding carboxylic acids is 1. The Morgan fingerprint density at radius 3 is 2.55 bits per heavy atom. The van der Waals surface area contributed by atoms with Crippen molar-refractivity contribution in [1.82, 2.24) is 9.80 Å². The Balaban J connectivity index is 1.88. The van der Waals surface area contributed by atoms with Crippen molar-refractivity contribution >= 4 is 40.1 Å². The van der Waals surface area contributed by atoms with Crippen LogP contribution in [0.5, 0.6) is 0 Å². The summed E-state index contributed by atoms with van der Waals surface area (Å²) in [4.78, 5) is 30.3. The summed E-state index contributed by atoms with van der Waals surface area (Å²) in [6.45, 7) is 1.31. The van der Waals surface area contributed by atoms with Crippen molar-refractivity contribution in [3.05, 3.63) is 79.6 Å². The maximum absolute atomic E-state index is 13.3. The van der Waals surface area contributed by atoms with Gasteiger partial charge in [0.15, 0.2) is 5.43 Å². The molecule has 2 heterocycles. The molecular weight excluding hydrogens is 411 g/mol. The molecule has 0 radical (unpaired) electrons. The Labute approximate surface area is 178 Å². The van der Waals surface area contributed by atoms with Crippen molar-refractivity contribution in [2.45, 2.75) is 12.5 Å². The number of nitrogens with zero attached hydrogens (tertiary/aromatic N) is 2. The Morgan fingerprint density at radius 2 is 1.83 bits per heavy atom. The second-order valence-electron chi connectivity index (χ2n) is 7.40. The predicted octanol–water partition coefficient (Wildman–Crippen LogP) is 4.60. The number of halogens is 2. The number of rotatable bonds is 5. The van der Waals surface area contributed by atoms with Crippen LogP contribution >= 0.6 is 23.2 Å². The number of benzene rings is 2. The van der Waals surface area contributed by atoms with Gasteiger partial charge in [0.25, 0.3) is 5.91 Å². The number of amides is 1. The highest BCUT2D eigenvalue weighted by Crippen LogP contribution is 2.39. The molecule has 0 N–H and O–H groups in total. The quantitative estimate of drug-likeness (QED) is 0.593. The molecule has 1 atom stereocenters. The lowest BCUT2D eigenvalue weighted by molar-refractivity contribution is 0.0722. The first kappa shape index (κ1) is 20.0. The van der Waals surface area contributed by atoms with Gasteiger partial charge in [0.05, 0.1) is 27.0 Å². The average Bonchev–Trinajstić information content (AvgIpc) is 2.96. The summed E-state index contributed by atoms with van der Waals surface area (Å²) in [5.74, 6) is -0.174. The minimum atomic E-state index is -0.560. The molecule has 0 spiro atoms. The van der Waals surface area contributed by atoms with Gasteiger partial charge in [0.1, 0.15) is 5.58 Å². The molecule has 5 nitrogen and oxygen atoms in total. The fourth-order valence-electron chi connectivity index (χ4n) is 3.78. The van der Waals surface area contributed by atoms with Crippen molar-refractivity contribution in [2.75, 3.05) is 27.2 Å². The smallest absolute Gasteiger partial charge is 0.290 e. The molecule has 2 aromatic carbocycles. The van der Waals surface area contributed by atoms with Crippen LogP contribution < -0.4 is 5.43 Å². The minimum absolute atomic E-state index is 0.106. The van der Waals surface area contributed by atoms with E-state index in [-0.39, 0.29) is 17.1 Å². The lowest BCUT2D eigenvalue weighted by Crippen LogP contribution is -2.32. The monoisotopic (exact) mass is 430 g/mol. The normalized spacial score (nSPS) is 16.1. The number of hydrogen-bond acceptors (Lipinski definition) is 4. The van der Waals surface area contributed by atoms with Gasteiger partial charge in [-0.15, -0.1) is 0 Å². The first-order valence-corrected chi connectivity index (χ1v) is 10.1. The average molecular weight is 431 g/mol. The van der Waals surface area contributed by atoms with Crippen LogP contribution in [0.2, 0.25) is 10.0 Å². The van der Waals surface area contributed by atoms with E-state index in [0.717, 1.165) is 18.5 Å². The molecule has 150 valence electrons. The molecule has 1 aromatic heterocycles. The second-order valence-corrected chi connectivity index (χ2v) is 8.22. The van der Waals surface area contributed by atoms with Gasteiger partial charge in [-0.2, -0.15) is 0 Å². The highest BCUT2D eigenvalue weighted by Gasteiger charge is 2.42. The first-order valence-electron chi connectivity index (χ1n) is 9.35. The van der Waals surface area contributed by atoms with Crippen molar-refractivity contribution in [1.29, 1.82) is 0 Å².